The first kappa shape index (κ1) is 12.2. The molecule has 0 aliphatic heterocycles. The van der Waals surface area contributed by atoms with Crippen molar-refractivity contribution >= 4 is 5.97 Å². The van der Waals surface area contributed by atoms with Crippen LogP contribution in [0.4, 0.5) is 0 Å². The van der Waals surface area contributed by atoms with Crippen LogP contribution in [-0.4, -0.2) is 23.7 Å². The molecule has 0 spiro atoms. The van der Waals surface area contributed by atoms with E-state index in [4.69, 9.17) is 5.11 Å². The summed E-state index contributed by atoms with van der Waals surface area (Å²) in [4.78, 5) is 10.7. The Hall–Kier alpha value is -0.830. The molecule has 0 aromatic carbocycles. The van der Waals surface area contributed by atoms with E-state index in [1.54, 1.807) is 0 Å². The molecule has 0 saturated carbocycles. The lowest BCUT2D eigenvalue weighted by Crippen LogP contribution is -2.40. The summed E-state index contributed by atoms with van der Waals surface area (Å²) in [5.74, 6) is -0.666. The van der Waals surface area contributed by atoms with Crippen LogP contribution in [0.15, 0.2) is 11.6 Å². The zero-order valence-electron chi connectivity index (χ0n) is 8.79. The van der Waals surface area contributed by atoms with Gasteiger partial charge in [-0.1, -0.05) is 25.5 Å². The first-order chi connectivity index (χ1) is 5.95. The Bertz CT molecular complexity index is 193. The lowest BCUT2D eigenvalue weighted by molar-refractivity contribution is -0.140. The van der Waals surface area contributed by atoms with Crippen molar-refractivity contribution in [3.63, 3.8) is 0 Å². The van der Waals surface area contributed by atoms with Crippen molar-refractivity contribution in [3.05, 3.63) is 11.6 Å². The number of hydrogen-bond donors (Lipinski definition) is 2. The summed E-state index contributed by atoms with van der Waals surface area (Å²) in [6.45, 7) is 8.40. The van der Waals surface area contributed by atoms with E-state index in [2.05, 4.69) is 5.32 Å². The van der Waals surface area contributed by atoms with Crippen molar-refractivity contribution in [2.45, 2.75) is 33.7 Å². The summed E-state index contributed by atoms with van der Waals surface area (Å²) in [5, 5.41) is 11.8. The topological polar surface area (TPSA) is 49.3 Å². The highest BCUT2D eigenvalue weighted by Crippen LogP contribution is 2.01. The van der Waals surface area contributed by atoms with Gasteiger partial charge in [0.2, 0.25) is 0 Å². The summed E-state index contributed by atoms with van der Waals surface area (Å²) in [7, 11) is 0. The number of aliphatic carboxylic acids is 1. The molecule has 0 aromatic rings. The molecule has 13 heavy (non-hydrogen) atoms. The molecule has 0 aromatic heterocycles. The lowest BCUT2D eigenvalue weighted by Gasteiger charge is -2.16. The summed E-state index contributed by atoms with van der Waals surface area (Å²) in [6.07, 6.45) is 1.98. The van der Waals surface area contributed by atoms with Crippen molar-refractivity contribution in [2.24, 2.45) is 5.92 Å². The number of rotatable bonds is 5. The Labute approximate surface area is 79.8 Å². The van der Waals surface area contributed by atoms with Crippen LogP contribution >= 0.6 is 0 Å². The second-order valence-electron chi connectivity index (χ2n) is 3.75. The monoisotopic (exact) mass is 185 g/mol. The van der Waals surface area contributed by atoms with E-state index < -0.39 is 12.0 Å². The molecule has 0 heterocycles. The van der Waals surface area contributed by atoms with Gasteiger partial charge in [0.15, 0.2) is 0 Å². The molecular weight excluding hydrogens is 166 g/mol. The van der Waals surface area contributed by atoms with Crippen LogP contribution in [0.25, 0.3) is 0 Å². The van der Waals surface area contributed by atoms with E-state index in [1.165, 1.54) is 5.57 Å². The number of hydrogen-bond acceptors (Lipinski definition) is 2. The first-order valence-corrected chi connectivity index (χ1v) is 4.54. The standard InChI is InChI=1S/C10H19NO2/c1-7(2)5-6-11-9(8(3)4)10(12)13/h5,8-9,11H,6H2,1-4H3,(H,12,13). The van der Waals surface area contributed by atoms with Gasteiger partial charge in [0, 0.05) is 6.54 Å². The first-order valence-electron chi connectivity index (χ1n) is 4.54. The fourth-order valence-electron chi connectivity index (χ4n) is 0.998. The number of carbonyl (C=O) groups is 1. The molecule has 0 saturated heterocycles. The molecule has 1 atom stereocenters. The van der Waals surface area contributed by atoms with Crippen molar-refractivity contribution in [2.75, 3.05) is 6.54 Å². The fourth-order valence-corrected chi connectivity index (χ4v) is 0.998. The SMILES string of the molecule is CC(C)=CCNC(C(=O)O)C(C)C. The maximum atomic E-state index is 10.7. The third-order valence-electron chi connectivity index (χ3n) is 1.78. The largest absolute Gasteiger partial charge is 0.480 e. The average Bonchev–Trinajstić information content (AvgIpc) is 1.95. The maximum Gasteiger partial charge on any atom is 0.320 e. The summed E-state index contributed by atoms with van der Waals surface area (Å²) in [6, 6.07) is -0.449. The van der Waals surface area contributed by atoms with Crippen LogP contribution in [0.1, 0.15) is 27.7 Å². The quantitative estimate of drug-likeness (QED) is 0.640. The summed E-state index contributed by atoms with van der Waals surface area (Å²) >= 11 is 0. The zero-order chi connectivity index (χ0) is 10.4. The Morgan fingerprint density at radius 2 is 2.00 bits per heavy atom. The molecule has 2 N–H and O–H groups in total. The van der Waals surface area contributed by atoms with Crippen LogP contribution in [0.3, 0.4) is 0 Å². The van der Waals surface area contributed by atoms with Crippen LogP contribution in [0.2, 0.25) is 0 Å². The van der Waals surface area contributed by atoms with Gasteiger partial charge in [0.05, 0.1) is 0 Å². The maximum absolute atomic E-state index is 10.7. The molecule has 0 aliphatic carbocycles. The molecule has 1 unspecified atom stereocenters. The van der Waals surface area contributed by atoms with Crippen LogP contribution < -0.4 is 5.32 Å². The van der Waals surface area contributed by atoms with E-state index >= 15 is 0 Å². The van der Waals surface area contributed by atoms with Crippen LogP contribution in [-0.2, 0) is 4.79 Å². The molecule has 3 nitrogen and oxygen atoms in total. The normalized spacial score (nSPS) is 12.7. The van der Waals surface area contributed by atoms with Gasteiger partial charge in [-0.05, 0) is 19.8 Å². The predicted molar refractivity (Wildman–Crippen MR) is 53.7 cm³/mol. The minimum atomic E-state index is -0.780. The molecule has 0 rings (SSSR count). The average molecular weight is 185 g/mol. The Balaban J connectivity index is 3.98. The summed E-state index contributed by atoms with van der Waals surface area (Å²) < 4.78 is 0. The second kappa shape index (κ2) is 5.75. The third kappa shape index (κ3) is 5.42. The van der Waals surface area contributed by atoms with E-state index in [1.807, 2.05) is 33.8 Å². The molecule has 0 aliphatic rings. The summed E-state index contributed by atoms with van der Waals surface area (Å²) in [5.41, 5.74) is 1.19. The highest BCUT2D eigenvalue weighted by Gasteiger charge is 2.19. The molecule has 76 valence electrons. The van der Waals surface area contributed by atoms with E-state index in [0.717, 1.165) is 0 Å². The minimum absolute atomic E-state index is 0.114. The van der Waals surface area contributed by atoms with Gasteiger partial charge in [-0.3, -0.25) is 4.79 Å². The smallest absolute Gasteiger partial charge is 0.320 e. The highest BCUT2D eigenvalue weighted by atomic mass is 16.4. The van der Waals surface area contributed by atoms with E-state index in [0.29, 0.717) is 6.54 Å². The Morgan fingerprint density at radius 3 is 2.31 bits per heavy atom. The number of allylic oxidation sites excluding steroid dienone is 1. The fraction of sp³-hybridized carbons (Fsp3) is 0.700. The highest BCUT2D eigenvalue weighted by molar-refractivity contribution is 5.73. The predicted octanol–water partition coefficient (Wildman–Crippen LogP) is 1.65. The molecule has 0 fully saturated rings. The molecule has 3 heteroatoms. The van der Waals surface area contributed by atoms with Gasteiger partial charge >= 0.3 is 5.97 Å². The van der Waals surface area contributed by atoms with Gasteiger partial charge in [-0.2, -0.15) is 0 Å². The Morgan fingerprint density at radius 1 is 1.46 bits per heavy atom. The number of nitrogens with one attached hydrogen (secondary N) is 1. The van der Waals surface area contributed by atoms with E-state index in [9.17, 15) is 4.79 Å². The molecule has 0 bridgehead atoms. The van der Waals surface area contributed by atoms with Crippen molar-refractivity contribution in [3.8, 4) is 0 Å². The second-order valence-corrected chi connectivity index (χ2v) is 3.75. The molecule has 0 radical (unpaired) electrons. The molecule has 0 amide bonds. The van der Waals surface area contributed by atoms with Gasteiger partial charge < -0.3 is 10.4 Å². The van der Waals surface area contributed by atoms with Crippen molar-refractivity contribution in [1.82, 2.24) is 5.32 Å². The van der Waals surface area contributed by atoms with Gasteiger partial charge in [0.25, 0.3) is 0 Å². The van der Waals surface area contributed by atoms with Gasteiger partial charge in [-0.25, -0.2) is 0 Å². The molecular formula is C10H19NO2. The van der Waals surface area contributed by atoms with Crippen LogP contribution in [0.5, 0.6) is 0 Å². The van der Waals surface area contributed by atoms with Gasteiger partial charge in [-0.15, -0.1) is 0 Å². The number of carboxylic acid groups (broad SMARTS) is 1. The van der Waals surface area contributed by atoms with E-state index in [-0.39, 0.29) is 5.92 Å². The van der Waals surface area contributed by atoms with Crippen molar-refractivity contribution in [1.29, 1.82) is 0 Å². The van der Waals surface area contributed by atoms with Crippen molar-refractivity contribution < 1.29 is 9.90 Å². The van der Waals surface area contributed by atoms with Crippen LogP contribution in [0, 0.1) is 5.92 Å². The zero-order valence-corrected chi connectivity index (χ0v) is 8.79. The Kier molecular flexibility index (Phi) is 5.39. The third-order valence-corrected chi connectivity index (χ3v) is 1.78. The number of carboxylic acids is 1. The van der Waals surface area contributed by atoms with Gasteiger partial charge in [0.1, 0.15) is 6.04 Å². The lowest BCUT2D eigenvalue weighted by atomic mass is 10.1. The minimum Gasteiger partial charge on any atom is -0.480 e.